The van der Waals surface area contributed by atoms with Crippen LogP contribution in [0.15, 0.2) is 52.1 Å². The van der Waals surface area contributed by atoms with Crippen molar-refractivity contribution < 1.29 is 9.53 Å². The number of amides is 1. The van der Waals surface area contributed by atoms with Crippen molar-refractivity contribution in [2.45, 2.75) is 71.3 Å². The van der Waals surface area contributed by atoms with Crippen LogP contribution < -0.4 is 4.74 Å². The first-order chi connectivity index (χ1) is 19.5. The highest BCUT2D eigenvalue weighted by atomic mass is 16.5. The second-order valence-corrected chi connectivity index (χ2v) is 12.0. The van der Waals surface area contributed by atoms with E-state index in [1.54, 1.807) is 0 Å². The van der Waals surface area contributed by atoms with E-state index in [1.165, 1.54) is 29.6 Å². The molecule has 1 saturated carbocycles. The maximum Gasteiger partial charge on any atom is 0.226 e. The first kappa shape index (κ1) is 28.6. The monoisotopic (exact) mass is 545 g/mol. The summed E-state index contributed by atoms with van der Waals surface area (Å²) in [6.45, 7) is 14.4. The van der Waals surface area contributed by atoms with Gasteiger partial charge in [0.2, 0.25) is 11.9 Å². The van der Waals surface area contributed by atoms with Gasteiger partial charge in [0, 0.05) is 57.4 Å². The highest BCUT2D eigenvalue weighted by Crippen LogP contribution is 2.33. The lowest BCUT2D eigenvalue weighted by molar-refractivity contribution is -0.137. The molecule has 3 fully saturated rings. The molecule has 0 spiro atoms. The van der Waals surface area contributed by atoms with Gasteiger partial charge in [0.05, 0.1) is 6.61 Å². The Morgan fingerprint density at radius 1 is 1.00 bits per heavy atom. The molecule has 216 valence electrons. The first-order valence-electron chi connectivity index (χ1n) is 15.4. The number of piperazine rings is 1. The van der Waals surface area contributed by atoms with Gasteiger partial charge in [-0.3, -0.25) is 9.69 Å². The minimum atomic E-state index is 0.145. The molecule has 0 radical (unpaired) electrons. The van der Waals surface area contributed by atoms with E-state index in [0.29, 0.717) is 11.8 Å². The van der Waals surface area contributed by atoms with Crippen LogP contribution in [0.3, 0.4) is 0 Å². The lowest BCUT2D eigenvalue weighted by atomic mass is 9.85. The zero-order valence-corrected chi connectivity index (χ0v) is 24.6. The molecule has 0 N–H and O–H groups in total. The molecule has 1 amide bonds. The van der Waals surface area contributed by atoms with Gasteiger partial charge in [-0.05, 0) is 94.2 Å². The summed E-state index contributed by atoms with van der Waals surface area (Å²) in [5, 5.41) is 0. The number of carbonyl (C=O) groups is 1. The topological polar surface area (TPSA) is 60.7 Å². The first-order valence-corrected chi connectivity index (χ1v) is 15.4. The molecule has 40 heavy (non-hydrogen) atoms. The molecule has 2 saturated heterocycles. The van der Waals surface area contributed by atoms with Crippen molar-refractivity contribution in [1.82, 2.24) is 14.7 Å². The van der Waals surface area contributed by atoms with Gasteiger partial charge in [0.1, 0.15) is 5.75 Å². The summed E-state index contributed by atoms with van der Waals surface area (Å²) in [7, 11) is 0. The third-order valence-corrected chi connectivity index (χ3v) is 9.16. The molecule has 7 nitrogen and oxygen atoms in total. The third-order valence-electron chi connectivity index (χ3n) is 9.16. The number of allylic oxidation sites excluding steroid dienone is 3. The van der Waals surface area contributed by atoms with Crippen LogP contribution in [-0.2, 0) is 4.79 Å². The van der Waals surface area contributed by atoms with E-state index in [0.717, 1.165) is 102 Å². The SMILES string of the molecule is C=N/C(=N\C=C(/C)CC)N1CCC(COc2ccc(C3=CCC(C(=O)N4CCN(C5CC5)CC4)CC3)cc2)CC1. The van der Waals surface area contributed by atoms with E-state index >= 15 is 0 Å². The average Bonchev–Trinajstić information content (AvgIpc) is 3.87. The quantitative estimate of drug-likeness (QED) is 0.313. The Kier molecular flexibility index (Phi) is 9.74. The molecular weight excluding hydrogens is 498 g/mol. The number of piperidine rings is 1. The molecule has 4 aliphatic rings. The van der Waals surface area contributed by atoms with Crippen LogP contribution in [0.2, 0.25) is 0 Å². The Labute approximate surface area is 240 Å². The van der Waals surface area contributed by atoms with Crippen molar-refractivity contribution in [1.29, 1.82) is 0 Å². The van der Waals surface area contributed by atoms with Gasteiger partial charge in [-0.15, -0.1) is 0 Å². The molecule has 2 aliphatic heterocycles. The summed E-state index contributed by atoms with van der Waals surface area (Å²) in [6.07, 6.45) is 12.8. The Bertz CT molecular complexity index is 1100. The normalized spacial score (nSPS) is 23.6. The fraction of sp³-hybridized carbons (Fsp3) is 0.606. The van der Waals surface area contributed by atoms with Crippen LogP contribution in [-0.4, -0.2) is 85.2 Å². The molecular formula is C33H47N5O2. The predicted molar refractivity (Wildman–Crippen MR) is 164 cm³/mol. The van der Waals surface area contributed by atoms with Crippen LogP contribution in [0.5, 0.6) is 5.75 Å². The average molecular weight is 546 g/mol. The molecule has 2 aliphatic carbocycles. The predicted octanol–water partition coefficient (Wildman–Crippen LogP) is 5.64. The zero-order valence-electron chi connectivity index (χ0n) is 24.6. The van der Waals surface area contributed by atoms with Crippen molar-refractivity contribution in [3.63, 3.8) is 0 Å². The number of rotatable bonds is 8. The van der Waals surface area contributed by atoms with E-state index in [1.807, 2.05) is 6.20 Å². The van der Waals surface area contributed by atoms with Crippen molar-refractivity contribution in [2.75, 3.05) is 45.9 Å². The number of nitrogens with zero attached hydrogens (tertiary/aromatic N) is 5. The maximum absolute atomic E-state index is 13.1. The van der Waals surface area contributed by atoms with Crippen LogP contribution in [0.25, 0.3) is 5.57 Å². The van der Waals surface area contributed by atoms with Crippen molar-refractivity contribution in [3.05, 3.63) is 47.7 Å². The summed E-state index contributed by atoms with van der Waals surface area (Å²) in [5.74, 6) is 2.69. The molecule has 0 aromatic heterocycles. The van der Waals surface area contributed by atoms with Crippen molar-refractivity contribution in [2.24, 2.45) is 21.8 Å². The Balaban J connectivity index is 1.04. The van der Waals surface area contributed by atoms with Gasteiger partial charge >= 0.3 is 0 Å². The molecule has 0 bridgehead atoms. The highest BCUT2D eigenvalue weighted by molar-refractivity contribution is 5.84. The standard InChI is InChI=1S/C33H47N5O2/c1-4-25(2)23-35-33(34-3)38-17-15-26(16-18-38)24-40-31-13-9-28(10-14-31)27-5-7-29(8-6-27)32(39)37-21-19-36(20-22-37)30-11-12-30/h5,9-10,13-14,23,26,29-30H,3-4,6-8,11-12,15-22,24H2,1-2H3/b25-23+,35-33+. The van der Waals surface area contributed by atoms with Crippen molar-refractivity contribution >= 4 is 24.2 Å². The number of guanidine groups is 1. The van der Waals surface area contributed by atoms with Crippen LogP contribution >= 0.6 is 0 Å². The number of benzene rings is 1. The van der Waals surface area contributed by atoms with Crippen molar-refractivity contribution in [3.8, 4) is 5.75 Å². The number of likely N-dealkylation sites (tertiary alicyclic amines) is 1. The Morgan fingerprint density at radius 2 is 1.73 bits per heavy atom. The molecule has 7 heteroatoms. The van der Waals surface area contributed by atoms with E-state index in [2.05, 4.69) is 75.6 Å². The van der Waals surface area contributed by atoms with E-state index in [9.17, 15) is 4.79 Å². The number of hydrogen-bond acceptors (Lipinski definition) is 4. The summed E-state index contributed by atoms with van der Waals surface area (Å²) in [4.78, 5) is 28.7. The Morgan fingerprint density at radius 3 is 2.33 bits per heavy atom. The molecule has 1 aromatic rings. The van der Waals surface area contributed by atoms with Gasteiger partial charge < -0.3 is 14.5 Å². The Hall–Kier alpha value is -2.93. The lowest BCUT2D eigenvalue weighted by Gasteiger charge is -2.37. The summed E-state index contributed by atoms with van der Waals surface area (Å²) in [5.41, 5.74) is 3.85. The van der Waals surface area contributed by atoms with Gasteiger partial charge in [0.15, 0.2) is 0 Å². The molecule has 1 atom stereocenters. The molecule has 1 aromatic carbocycles. The maximum atomic E-state index is 13.1. The van der Waals surface area contributed by atoms with Crippen LogP contribution in [0.1, 0.15) is 70.8 Å². The lowest BCUT2D eigenvalue weighted by Crippen LogP contribution is -2.51. The summed E-state index contributed by atoms with van der Waals surface area (Å²) in [6, 6.07) is 9.34. The minimum absolute atomic E-state index is 0.145. The van der Waals surface area contributed by atoms with Gasteiger partial charge in [-0.2, -0.15) is 0 Å². The molecule has 5 rings (SSSR count). The fourth-order valence-electron chi connectivity index (χ4n) is 6.09. The van der Waals surface area contributed by atoms with Gasteiger partial charge in [-0.25, -0.2) is 9.98 Å². The number of aliphatic imine (C=N–C) groups is 2. The van der Waals surface area contributed by atoms with E-state index in [-0.39, 0.29) is 5.92 Å². The third kappa shape index (κ3) is 7.42. The zero-order chi connectivity index (χ0) is 27.9. The van der Waals surface area contributed by atoms with E-state index < -0.39 is 0 Å². The van der Waals surface area contributed by atoms with Gasteiger partial charge in [-0.1, -0.05) is 30.7 Å². The number of ether oxygens (including phenoxy) is 1. The minimum Gasteiger partial charge on any atom is -0.493 e. The molecule has 2 heterocycles. The number of carbonyl (C=O) groups excluding carboxylic acids is 1. The van der Waals surface area contributed by atoms with Crippen LogP contribution in [0, 0.1) is 11.8 Å². The molecule has 1 unspecified atom stereocenters. The second kappa shape index (κ2) is 13.6. The van der Waals surface area contributed by atoms with Crippen LogP contribution in [0.4, 0.5) is 0 Å². The fourth-order valence-corrected chi connectivity index (χ4v) is 6.09. The summed E-state index contributed by atoms with van der Waals surface area (Å²) >= 11 is 0. The highest BCUT2D eigenvalue weighted by Gasteiger charge is 2.34. The van der Waals surface area contributed by atoms with E-state index in [4.69, 9.17) is 4.74 Å². The van der Waals surface area contributed by atoms with Gasteiger partial charge in [0.25, 0.3) is 0 Å². The second-order valence-electron chi connectivity index (χ2n) is 12.0. The summed E-state index contributed by atoms with van der Waals surface area (Å²) < 4.78 is 6.18. The largest absolute Gasteiger partial charge is 0.493 e. The smallest absolute Gasteiger partial charge is 0.226 e. The number of hydrogen-bond donors (Lipinski definition) is 0.